The van der Waals surface area contributed by atoms with E-state index in [1.54, 1.807) is 5.01 Å². The van der Waals surface area contributed by atoms with Gasteiger partial charge in [-0.1, -0.05) is 0 Å². The molecule has 0 saturated carbocycles. The zero-order valence-corrected chi connectivity index (χ0v) is 11.6. The zero-order valence-electron chi connectivity index (χ0n) is 9.97. The van der Waals surface area contributed by atoms with Crippen LogP contribution in [0.5, 0.6) is 0 Å². The second-order valence-electron chi connectivity index (χ2n) is 3.96. The molecule has 1 aliphatic heterocycles. The second-order valence-corrected chi connectivity index (χ2v) is 4.82. The normalized spacial score (nSPS) is 16.1. The predicted octanol–water partition coefficient (Wildman–Crippen LogP) is 1.33. The quantitative estimate of drug-likeness (QED) is 0.668. The van der Waals surface area contributed by atoms with Crippen LogP contribution in [-0.4, -0.2) is 42.1 Å². The Morgan fingerprint density at radius 2 is 2.11 bits per heavy atom. The molecule has 0 atom stereocenters. The minimum absolute atomic E-state index is 0.130. The molecule has 102 valence electrons. The van der Waals surface area contributed by atoms with Gasteiger partial charge in [0.1, 0.15) is 0 Å². The molecule has 0 spiro atoms. The number of nitro groups is 1. The van der Waals surface area contributed by atoms with Crippen molar-refractivity contribution >= 4 is 27.5 Å². The number of hydrazine groups is 1. The van der Waals surface area contributed by atoms with Gasteiger partial charge >= 0.3 is 0 Å². The molecule has 1 N–H and O–H groups in total. The van der Waals surface area contributed by atoms with Crippen LogP contribution in [0.25, 0.3) is 0 Å². The molecule has 1 aromatic carbocycles. The van der Waals surface area contributed by atoms with Crippen LogP contribution in [0.2, 0.25) is 0 Å². The molecule has 1 aromatic rings. The number of hydrogen-bond acceptors (Lipinski definition) is 5. The largest absolute Gasteiger partial charge is 0.379 e. The Morgan fingerprint density at radius 1 is 1.42 bits per heavy atom. The van der Waals surface area contributed by atoms with Crippen LogP contribution in [0.4, 0.5) is 5.69 Å². The number of nitro benzene ring substituents is 1. The van der Waals surface area contributed by atoms with E-state index in [9.17, 15) is 14.9 Å². The van der Waals surface area contributed by atoms with Crippen LogP contribution < -0.4 is 5.43 Å². The van der Waals surface area contributed by atoms with Crippen LogP contribution in [-0.2, 0) is 4.74 Å². The van der Waals surface area contributed by atoms with Gasteiger partial charge in [-0.2, -0.15) is 0 Å². The third kappa shape index (κ3) is 3.49. The lowest BCUT2D eigenvalue weighted by Gasteiger charge is -2.26. The number of hydrogen-bond donors (Lipinski definition) is 1. The number of halogens is 1. The highest BCUT2D eigenvalue weighted by Crippen LogP contribution is 2.25. The lowest BCUT2D eigenvalue weighted by Crippen LogP contribution is -2.48. The Bertz CT molecular complexity index is 503. The van der Waals surface area contributed by atoms with Gasteiger partial charge in [-0.05, 0) is 28.1 Å². The molecule has 2 rings (SSSR count). The summed E-state index contributed by atoms with van der Waals surface area (Å²) in [7, 11) is 0. The molecule has 1 saturated heterocycles. The van der Waals surface area contributed by atoms with E-state index in [1.165, 1.54) is 18.2 Å². The summed E-state index contributed by atoms with van der Waals surface area (Å²) in [6.45, 7) is 2.32. The first-order valence-electron chi connectivity index (χ1n) is 5.65. The fourth-order valence-electron chi connectivity index (χ4n) is 1.68. The first-order chi connectivity index (χ1) is 9.08. The molecule has 19 heavy (non-hydrogen) atoms. The van der Waals surface area contributed by atoms with Gasteiger partial charge in [-0.25, -0.2) is 5.01 Å². The average Bonchev–Trinajstić information content (AvgIpc) is 2.40. The smallest absolute Gasteiger partial charge is 0.284 e. The highest BCUT2D eigenvalue weighted by molar-refractivity contribution is 9.10. The van der Waals surface area contributed by atoms with Gasteiger partial charge in [0.25, 0.3) is 11.6 Å². The van der Waals surface area contributed by atoms with Crippen molar-refractivity contribution in [1.29, 1.82) is 0 Å². The maximum absolute atomic E-state index is 12.0. The summed E-state index contributed by atoms with van der Waals surface area (Å²) in [6, 6.07) is 4.28. The number of nitrogens with one attached hydrogen (secondary N) is 1. The van der Waals surface area contributed by atoms with Crippen LogP contribution in [0, 0.1) is 10.1 Å². The van der Waals surface area contributed by atoms with E-state index in [0.717, 1.165) is 0 Å². The van der Waals surface area contributed by atoms with Gasteiger partial charge in [-0.3, -0.25) is 20.3 Å². The minimum atomic E-state index is -0.532. The number of morpholine rings is 1. The highest BCUT2D eigenvalue weighted by Gasteiger charge is 2.18. The van der Waals surface area contributed by atoms with Gasteiger partial charge in [0.05, 0.1) is 22.6 Å². The molecular formula is C11H12BrN3O4. The Kier molecular flexibility index (Phi) is 4.46. The van der Waals surface area contributed by atoms with E-state index in [1.807, 2.05) is 0 Å². The lowest BCUT2D eigenvalue weighted by atomic mass is 10.2. The summed E-state index contributed by atoms with van der Waals surface area (Å²) < 4.78 is 5.51. The van der Waals surface area contributed by atoms with Crippen molar-refractivity contribution in [3.63, 3.8) is 0 Å². The molecule has 7 nitrogen and oxygen atoms in total. The Balaban J connectivity index is 2.10. The fraction of sp³-hybridized carbons (Fsp3) is 0.364. The maximum Gasteiger partial charge on any atom is 0.284 e. The van der Waals surface area contributed by atoms with E-state index >= 15 is 0 Å². The Morgan fingerprint density at radius 3 is 2.74 bits per heavy atom. The summed E-state index contributed by atoms with van der Waals surface area (Å²) in [5.74, 6) is -0.363. The second kappa shape index (κ2) is 6.09. The third-order valence-corrected chi connectivity index (χ3v) is 3.35. The Hall–Kier alpha value is -1.51. The summed E-state index contributed by atoms with van der Waals surface area (Å²) in [5, 5.41) is 12.5. The van der Waals surface area contributed by atoms with Gasteiger partial charge in [0.15, 0.2) is 0 Å². The first-order valence-corrected chi connectivity index (χ1v) is 6.45. The molecule has 1 aliphatic rings. The lowest BCUT2D eigenvalue weighted by molar-refractivity contribution is -0.385. The molecule has 0 aromatic heterocycles. The minimum Gasteiger partial charge on any atom is -0.379 e. The SMILES string of the molecule is O=C(NN1CCOCC1)c1ccc(Br)c([N+](=O)[O-])c1. The number of carbonyl (C=O) groups excluding carboxylic acids is 1. The molecule has 0 bridgehead atoms. The van der Waals surface area contributed by atoms with Crippen molar-refractivity contribution < 1.29 is 14.5 Å². The maximum atomic E-state index is 12.0. The van der Waals surface area contributed by atoms with Crippen molar-refractivity contribution in [2.24, 2.45) is 0 Å². The van der Waals surface area contributed by atoms with E-state index < -0.39 is 4.92 Å². The molecule has 0 unspecified atom stereocenters. The molecule has 1 heterocycles. The van der Waals surface area contributed by atoms with Crippen molar-refractivity contribution in [2.45, 2.75) is 0 Å². The van der Waals surface area contributed by atoms with Crippen molar-refractivity contribution in [3.05, 3.63) is 38.3 Å². The molecule has 8 heteroatoms. The third-order valence-electron chi connectivity index (χ3n) is 2.68. The number of ether oxygens (including phenoxy) is 1. The highest BCUT2D eigenvalue weighted by atomic mass is 79.9. The number of nitrogens with zero attached hydrogens (tertiary/aromatic N) is 2. The fourth-order valence-corrected chi connectivity index (χ4v) is 2.07. The van der Waals surface area contributed by atoms with E-state index in [4.69, 9.17) is 4.74 Å². The summed E-state index contributed by atoms with van der Waals surface area (Å²) in [6.07, 6.45) is 0. The van der Waals surface area contributed by atoms with E-state index in [2.05, 4.69) is 21.4 Å². The van der Waals surface area contributed by atoms with Gasteiger partial charge in [0.2, 0.25) is 0 Å². The molecule has 0 aliphatic carbocycles. The standard InChI is InChI=1S/C11H12BrN3O4/c12-9-2-1-8(7-10(9)15(17)18)11(16)13-14-3-5-19-6-4-14/h1-2,7H,3-6H2,(H,13,16). The van der Waals surface area contributed by atoms with Crippen molar-refractivity contribution in [3.8, 4) is 0 Å². The number of benzene rings is 1. The zero-order chi connectivity index (χ0) is 13.8. The van der Waals surface area contributed by atoms with Crippen LogP contribution in [0.1, 0.15) is 10.4 Å². The monoisotopic (exact) mass is 329 g/mol. The number of amides is 1. The topological polar surface area (TPSA) is 84.7 Å². The first kappa shape index (κ1) is 13.9. The van der Waals surface area contributed by atoms with Crippen LogP contribution in [0.3, 0.4) is 0 Å². The number of rotatable bonds is 3. The van der Waals surface area contributed by atoms with Gasteiger partial charge < -0.3 is 4.74 Å². The molecule has 1 amide bonds. The van der Waals surface area contributed by atoms with Gasteiger partial charge in [0, 0.05) is 24.7 Å². The van der Waals surface area contributed by atoms with E-state index in [-0.39, 0.29) is 17.2 Å². The number of carbonyl (C=O) groups is 1. The molecule has 1 fully saturated rings. The van der Waals surface area contributed by atoms with Crippen LogP contribution in [0.15, 0.2) is 22.7 Å². The van der Waals surface area contributed by atoms with Crippen molar-refractivity contribution in [1.82, 2.24) is 10.4 Å². The average molecular weight is 330 g/mol. The summed E-state index contributed by atoms with van der Waals surface area (Å²) in [5.41, 5.74) is 2.82. The summed E-state index contributed by atoms with van der Waals surface area (Å²) >= 11 is 3.08. The molecular weight excluding hydrogens is 318 g/mol. The Labute approximate surface area is 117 Å². The van der Waals surface area contributed by atoms with Gasteiger partial charge in [-0.15, -0.1) is 0 Å². The predicted molar refractivity (Wildman–Crippen MR) is 70.7 cm³/mol. The van der Waals surface area contributed by atoms with E-state index in [0.29, 0.717) is 30.8 Å². The van der Waals surface area contributed by atoms with Crippen LogP contribution >= 0.6 is 15.9 Å². The summed E-state index contributed by atoms with van der Waals surface area (Å²) in [4.78, 5) is 22.2. The van der Waals surface area contributed by atoms with Crippen molar-refractivity contribution in [2.75, 3.05) is 26.3 Å². The molecule has 0 radical (unpaired) electrons.